The Balaban J connectivity index is 1.42. The van der Waals surface area contributed by atoms with Gasteiger partial charge in [-0.15, -0.1) is 4.28 Å². The van der Waals surface area contributed by atoms with Crippen molar-refractivity contribution in [1.82, 2.24) is 30.4 Å². The van der Waals surface area contributed by atoms with Gasteiger partial charge >= 0.3 is 16.4 Å². The standard InChI is InChI=1S/C23H29N9O10S2/c1-23(2)16(20(34)32(23)42-44(37,38)39)28-19(33)15(18-29-22(25)43-31-18)30-41-14(21(35)36)10-40-13-5-3-11(4-6-13)17(24)27-12-7-8-26-9-12/h3-6,12,14,16,26H,7-10H2,1-2H3,(H2,24,27)(H,28,33)(H,35,36)(H2,25,29,31)(H,37,38,39)/b30-15-/t12-,14?,16+/m0/s1. The number of nitrogen functional groups attached to an aromatic ring is 1. The molecule has 0 aliphatic carbocycles. The summed E-state index contributed by atoms with van der Waals surface area (Å²) in [6, 6.07) is 5.17. The summed E-state index contributed by atoms with van der Waals surface area (Å²) in [5.41, 5.74) is 4.12. The van der Waals surface area contributed by atoms with E-state index >= 15 is 0 Å². The molecule has 238 valence electrons. The molecule has 0 spiro atoms. The number of hydroxylamine groups is 2. The lowest BCUT2D eigenvalue weighted by molar-refractivity contribution is -0.218. The zero-order valence-electron chi connectivity index (χ0n) is 23.2. The van der Waals surface area contributed by atoms with Gasteiger partial charge in [-0.2, -0.15) is 22.8 Å². The van der Waals surface area contributed by atoms with Crippen LogP contribution in [0.1, 0.15) is 31.7 Å². The Labute approximate surface area is 254 Å². The summed E-state index contributed by atoms with van der Waals surface area (Å²) in [6.07, 6.45) is -0.817. The zero-order valence-corrected chi connectivity index (χ0v) is 24.8. The number of nitrogens with one attached hydrogen (secondary N) is 4. The molecule has 0 bridgehead atoms. The van der Waals surface area contributed by atoms with Crippen molar-refractivity contribution in [3.05, 3.63) is 35.7 Å². The Morgan fingerprint density at radius 2 is 2.02 bits per heavy atom. The molecule has 2 fully saturated rings. The number of aromatic nitrogens is 2. The Hall–Kier alpha value is -4.44. The fourth-order valence-electron chi connectivity index (χ4n) is 4.15. The van der Waals surface area contributed by atoms with Gasteiger partial charge < -0.3 is 36.4 Å². The number of rotatable bonds is 13. The number of ether oxygens (including phenoxy) is 1. The molecule has 2 saturated heterocycles. The lowest BCUT2D eigenvalue weighted by Gasteiger charge is -2.50. The van der Waals surface area contributed by atoms with Gasteiger partial charge in [0.1, 0.15) is 24.2 Å². The van der Waals surface area contributed by atoms with Crippen LogP contribution in [0.5, 0.6) is 5.75 Å². The van der Waals surface area contributed by atoms with Crippen LogP contribution in [0, 0.1) is 5.41 Å². The highest BCUT2D eigenvalue weighted by Gasteiger charge is 2.58. The van der Waals surface area contributed by atoms with Crippen LogP contribution in [0.3, 0.4) is 0 Å². The third-order valence-electron chi connectivity index (χ3n) is 6.49. The van der Waals surface area contributed by atoms with Gasteiger partial charge in [-0.3, -0.25) is 19.6 Å². The fourth-order valence-corrected chi connectivity index (χ4v) is 5.04. The largest absolute Gasteiger partial charge is 0.489 e. The van der Waals surface area contributed by atoms with E-state index in [4.69, 9.17) is 25.3 Å². The van der Waals surface area contributed by atoms with Crippen molar-refractivity contribution in [1.29, 1.82) is 5.41 Å². The van der Waals surface area contributed by atoms with E-state index in [0.29, 0.717) is 22.2 Å². The second-order valence-electron chi connectivity index (χ2n) is 10.1. The molecule has 0 saturated carbocycles. The maximum Gasteiger partial charge on any atom is 0.418 e. The number of carboxylic acid groups (broad SMARTS) is 1. The third-order valence-corrected chi connectivity index (χ3v) is 7.37. The van der Waals surface area contributed by atoms with Crippen LogP contribution in [0.4, 0.5) is 5.13 Å². The Morgan fingerprint density at radius 1 is 1.32 bits per heavy atom. The first-order chi connectivity index (χ1) is 20.7. The highest BCUT2D eigenvalue weighted by atomic mass is 32.3. The van der Waals surface area contributed by atoms with Gasteiger partial charge in [-0.25, -0.2) is 4.79 Å². The number of hydrogen-bond acceptors (Lipinski definition) is 15. The van der Waals surface area contributed by atoms with E-state index in [0.717, 1.165) is 19.5 Å². The smallest absolute Gasteiger partial charge is 0.418 e. The van der Waals surface area contributed by atoms with Crippen molar-refractivity contribution in [2.24, 2.45) is 5.16 Å². The molecule has 2 aromatic rings. The van der Waals surface area contributed by atoms with Crippen molar-refractivity contribution >= 4 is 56.4 Å². The molecule has 4 rings (SSSR count). The minimum atomic E-state index is -5.02. The SMILES string of the molecule is CC1(C)[C@H](NC(=O)/C(=N\OC(COc2ccc(C(=N)N[C@H]3CCNC3)cc2)C(=O)O)c2nsc(N)n2)C(=O)N1OS(=O)(=O)O. The van der Waals surface area contributed by atoms with Crippen LogP contribution in [0.15, 0.2) is 29.4 Å². The maximum atomic E-state index is 13.1. The summed E-state index contributed by atoms with van der Waals surface area (Å²) in [6.45, 7) is 3.78. The highest BCUT2D eigenvalue weighted by molar-refractivity contribution is 7.80. The second kappa shape index (κ2) is 13.1. The number of amidine groups is 1. The molecule has 1 aromatic carbocycles. The summed E-state index contributed by atoms with van der Waals surface area (Å²) < 4.78 is 44.7. The van der Waals surface area contributed by atoms with E-state index in [-0.39, 0.29) is 28.6 Å². The molecule has 8 N–H and O–H groups in total. The number of nitrogens with two attached hydrogens (primary N) is 1. The first kappa shape index (κ1) is 32.5. The summed E-state index contributed by atoms with van der Waals surface area (Å²) in [5.74, 6) is -3.43. The zero-order chi connectivity index (χ0) is 32.2. The number of carbonyl (C=O) groups excluding carboxylic acids is 2. The normalized spacial score (nSPS) is 20.4. The van der Waals surface area contributed by atoms with Crippen LogP contribution < -0.4 is 26.4 Å². The number of nitrogens with zero attached hydrogens (tertiary/aromatic N) is 4. The van der Waals surface area contributed by atoms with Gasteiger partial charge in [-0.05, 0) is 51.1 Å². The van der Waals surface area contributed by atoms with Crippen LogP contribution >= 0.6 is 11.5 Å². The summed E-state index contributed by atoms with van der Waals surface area (Å²) in [7, 11) is -5.02. The minimum Gasteiger partial charge on any atom is -0.489 e. The van der Waals surface area contributed by atoms with Crippen molar-refractivity contribution in [2.75, 3.05) is 25.4 Å². The number of β-lactam (4-membered cyclic amide) rings is 1. The molecule has 2 aliphatic heterocycles. The van der Waals surface area contributed by atoms with Crippen LogP contribution in [-0.2, 0) is 33.9 Å². The average Bonchev–Trinajstić information content (AvgIpc) is 3.63. The van der Waals surface area contributed by atoms with Crippen LogP contribution in [0.25, 0.3) is 0 Å². The third kappa shape index (κ3) is 7.74. The summed E-state index contributed by atoms with van der Waals surface area (Å²) in [5, 5.41) is 30.4. The molecule has 3 atom stereocenters. The molecule has 19 nitrogen and oxygen atoms in total. The predicted octanol–water partition coefficient (Wildman–Crippen LogP) is -1.51. The molecule has 1 unspecified atom stereocenters. The topological polar surface area (TPSA) is 281 Å². The number of carbonyl (C=O) groups is 3. The number of hydrogen-bond donors (Lipinski definition) is 7. The summed E-state index contributed by atoms with van der Waals surface area (Å²) >= 11 is 0.703. The van der Waals surface area contributed by atoms with E-state index in [9.17, 15) is 27.9 Å². The lowest BCUT2D eigenvalue weighted by atomic mass is 9.84. The predicted molar refractivity (Wildman–Crippen MR) is 152 cm³/mol. The lowest BCUT2D eigenvalue weighted by Crippen LogP contribution is -2.76. The average molecular weight is 656 g/mol. The second-order valence-corrected chi connectivity index (χ2v) is 11.9. The fraction of sp³-hybridized carbons (Fsp3) is 0.435. The molecule has 2 amide bonds. The number of anilines is 1. The molecule has 2 aliphatic rings. The van der Waals surface area contributed by atoms with Gasteiger partial charge in [0.05, 0.1) is 5.54 Å². The quantitative estimate of drug-likeness (QED) is 0.0425. The van der Waals surface area contributed by atoms with Crippen molar-refractivity contribution in [3.63, 3.8) is 0 Å². The molecule has 1 aromatic heterocycles. The molecular weight excluding hydrogens is 626 g/mol. The van der Waals surface area contributed by atoms with E-state index in [1.165, 1.54) is 13.8 Å². The van der Waals surface area contributed by atoms with Gasteiger partial charge in [0.25, 0.3) is 17.9 Å². The number of oxime groups is 1. The summed E-state index contributed by atoms with van der Waals surface area (Å²) in [4.78, 5) is 46.4. The minimum absolute atomic E-state index is 0.0574. The van der Waals surface area contributed by atoms with Crippen molar-refractivity contribution in [2.45, 2.75) is 44.0 Å². The van der Waals surface area contributed by atoms with Gasteiger partial charge in [0.15, 0.2) is 5.13 Å². The molecular formula is C23H29N9O10S2. The maximum absolute atomic E-state index is 13.1. The van der Waals surface area contributed by atoms with Crippen LogP contribution in [-0.4, -0.2) is 105 Å². The Morgan fingerprint density at radius 3 is 2.57 bits per heavy atom. The van der Waals surface area contributed by atoms with E-state index in [1.807, 2.05) is 0 Å². The molecule has 3 heterocycles. The molecule has 44 heavy (non-hydrogen) atoms. The highest BCUT2D eigenvalue weighted by Crippen LogP contribution is 2.32. The van der Waals surface area contributed by atoms with Crippen molar-refractivity contribution in [3.8, 4) is 5.75 Å². The molecule has 0 radical (unpaired) electrons. The number of benzene rings is 1. The first-order valence-corrected chi connectivity index (χ1v) is 15.0. The first-order valence-electron chi connectivity index (χ1n) is 12.8. The Kier molecular flexibility index (Phi) is 9.63. The van der Waals surface area contributed by atoms with E-state index < -0.39 is 58.2 Å². The number of carboxylic acids is 1. The molecule has 21 heteroatoms. The van der Waals surface area contributed by atoms with Gasteiger partial charge in [0, 0.05) is 29.7 Å². The number of amides is 2. The van der Waals surface area contributed by atoms with Crippen molar-refractivity contribution < 1.29 is 46.3 Å². The van der Waals surface area contributed by atoms with E-state index in [2.05, 4.69) is 34.7 Å². The van der Waals surface area contributed by atoms with E-state index in [1.54, 1.807) is 24.3 Å². The number of aliphatic carboxylic acids is 1. The van der Waals surface area contributed by atoms with Gasteiger partial charge in [-0.1, -0.05) is 5.16 Å². The van der Waals surface area contributed by atoms with Gasteiger partial charge in [0.2, 0.25) is 11.5 Å². The van der Waals surface area contributed by atoms with Crippen LogP contribution in [0.2, 0.25) is 0 Å². The monoisotopic (exact) mass is 655 g/mol. The Bertz CT molecular complexity index is 1560.